The summed E-state index contributed by atoms with van der Waals surface area (Å²) in [5, 5.41) is 7.60. The number of ether oxygens (including phenoxy) is 1. The van der Waals surface area contributed by atoms with Crippen LogP contribution in [0.5, 0.6) is 5.75 Å². The topological polar surface area (TPSA) is 59.1 Å². The van der Waals surface area contributed by atoms with Crippen LogP contribution in [0.25, 0.3) is 0 Å². The number of nitrogens with one attached hydrogen (secondary N) is 1. The maximum Gasteiger partial charge on any atom is 0.118 e. The van der Waals surface area contributed by atoms with Gasteiger partial charge in [-0.15, -0.1) is 11.8 Å². The van der Waals surface area contributed by atoms with Crippen LogP contribution in [-0.4, -0.2) is 20.1 Å². The summed E-state index contributed by atoms with van der Waals surface area (Å²) in [5.74, 6) is 2.26. The zero-order valence-electron chi connectivity index (χ0n) is 27.5. The van der Waals surface area contributed by atoms with Gasteiger partial charge in [0, 0.05) is 5.70 Å². The van der Waals surface area contributed by atoms with Gasteiger partial charge in [-0.2, -0.15) is 0 Å². The minimum absolute atomic E-state index is 0.120. The summed E-state index contributed by atoms with van der Waals surface area (Å²) >= 11 is 1.72. The van der Waals surface area contributed by atoms with E-state index in [0.717, 1.165) is 24.3 Å². The van der Waals surface area contributed by atoms with E-state index in [-0.39, 0.29) is 5.41 Å². The second-order valence-corrected chi connectivity index (χ2v) is 11.1. The number of thioether (sulfide) groups is 1. The van der Waals surface area contributed by atoms with Gasteiger partial charge in [0.25, 0.3) is 0 Å². The highest BCUT2D eigenvalue weighted by atomic mass is 32.2. The molecule has 2 aromatic carbocycles. The summed E-state index contributed by atoms with van der Waals surface area (Å²) < 4.78 is 5.07. The average Bonchev–Trinajstić information content (AvgIpc) is 2.99. The van der Waals surface area contributed by atoms with E-state index in [9.17, 15) is 0 Å². The molecule has 3 atom stereocenters. The van der Waals surface area contributed by atoms with Crippen molar-refractivity contribution < 1.29 is 4.74 Å². The Bertz CT molecular complexity index is 1040. The Hall–Kier alpha value is -2.98. The molecular weight excluding hydrogens is 520 g/mol. The van der Waals surface area contributed by atoms with Crippen molar-refractivity contribution in [1.29, 1.82) is 5.41 Å². The number of rotatable bonds is 12. The highest BCUT2D eigenvalue weighted by Crippen LogP contribution is 2.34. The first-order valence-corrected chi connectivity index (χ1v) is 15.8. The van der Waals surface area contributed by atoms with Gasteiger partial charge in [-0.3, -0.25) is 0 Å². The van der Waals surface area contributed by atoms with Crippen molar-refractivity contribution in [3.8, 4) is 5.75 Å². The molecule has 0 bridgehead atoms. The van der Waals surface area contributed by atoms with Gasteiger partial charge >= 0.3 is 0 Å². The van der Waals surface area contributed by atoms with Crippen molar-refractivity contribution in [2.75, 3.05) is 13.4 Å². The lowest BCUT2D eigenvalue weighted by Gasteiger charge is -2.32. The summed E-state index contributed by atoms with van der Waals surface area (Å²) in [5.41, 5.74) is 10.8. The Morgan fingerprint density at radius 3 is 2.10 bits per heavy atom. The maximum atomic E-state index is 5.79. The third-order valence-corrected chi connectivity index (χ3v) is 7.78. The molecule has 41 heavy (non-hydrogen) atoms. The predicted molar refractivity (Wildman–Crippen MR) is 188 cm³/mol. The number of allylic oxidation sites excluding steroid dienone is 6. The summed E-state index contributed by atoms with van der Waals surface area (Å²) in [6.45, 7) is 23.8. The molecule has 0 saturated carbocycles. The third-order valence-electron chi connectivity index (χ3n) is 7.32. The van der Waals surface area contributed by atoms with E-state index in [1.165, 1.54) is 16.7 Å². The zero-order chi connectivity index (χ0) is 31.8. The standard InChI is InChI=1S/C23H35N.C11H14OS.C2H6.CH3N/c1-17(20(4)21(5)24)13-9-8-10-15-19(3)23(6,7)22-16-12-11-14-18(22)2;1-12-11-7-5-10(6-8-11)4-3-9-13-2;2*1-2/h8-12,14-17,19-20H,5,13,24H2,1-4,6-7H3;3,5-9H,4H2,1-2H3;1-2H3;2H,1H2/b9-8-,15-10-;9-3+;;. The van der Waals surface area contributed by atoms with E-state index < -0.39 is 0 Å². The number of aryl methyl sites for hydroxylation is 1. The molecule has 0 aliphatic heterocycles. The van der Waals surface area contributed by atoms with Gasteiger partial charge in [0.1, 0.15) is 5.75 Å². The molecule has 0 heterocycles. The molecule has 4 heteroatoms. The number of hydrogen-bond donors (Lipinski definition) is 2. The molecule has 2 rings (SSSR count). The van der Waals surface area contributed by atoms with Crippen molar-refractivity contribution >= 4 is 18.5 Å². The Labute approximate surface area is 257 Å². The summed E-state index contributed by atoms with van der Waals surface area (Å²) in [6, 6.07) is 16.8. The minimum atomic E-state index is 0.120. The van der Waals surface area contributed by atoms with Crippen LogP contribution in [0.3, 0.4) is 0 Å². The van der Waals surface area contributed by atoms with E-state index in [0.29, 0.717) is 17.8 Å². The van der Waals surface area contributed by atoms with Gasteiger partial charge < -0.3 is 15.9 Å². The lowest BCUT2D eigenvalue weighted by atomic mass is 9.72. The summed E-state index contributed by atoms with van der Waals surface area (Å²) in [4.78, 5) is 0. The van der Waals surface area contributed by atoms with E-state index in [4.69, 9.17) is 15.9 Å². The van der Waals surface area contributed by atoms with Gasteiger partial charge in [-0.1, -0.05) is 122 Å². The Morgan fingerprint density at radius 1 is 1.00 bits per heavy atom. The van der Waals surface area contributed by atoms with Crippen LogP contribution in [0.4, 0.5) is 0 Å². The minimum Gasteiger partial charge on any atom is -0.497 e. The number of benzene rings is 2. The number of nitrogens with two attached hydrogens (primary N) is 1. The highest BCUT2D eigenvalue weighted by molar-refractivity contribution is 8.01. The summed E-state index contributed by atoms with van der Waals surface area (Å²) in [6.07, 6.45) is 15.1. The molecular formula is C37H58N2OS. The van der Waals surface area contributed by atoms with Crippen LogP contribution in [0.15, 0.2) is 96.6 Å². The van der Waals surface area contributed by atoms with E-state index in [2.05, 4.69) is 133 Å². The van der Waals surface area contributed by atoms with Crippen molar-refractivity contribution in [3.05, 3.63) is 113 Å². The van der Waals surface area contributed by atoms with Crippen LogP contribution >= 0.6 is 11.8 Å². The third kappa shape index (κ3) is 16.2. The molecule has 0 radical (unpaired) electrons. The van der Waals surface area contributed by atoms with Gasteiger partial charge in [-0.25, -0.2) is 0 Å². The Balaban J connectivity index is 0. The second kappa shape index (κ2) is 23.7. The van der Waals surface area contributed by atoms with Crippen molar-refractivity contribution in [3.63, 3.8) is 0 Å². The first-order chi connectivity index (χ1) is 19.5. The van der Waals surface area contributed by atoms with Gasteiger partial charge in [0.2, 0.25) is 0 Å². The average molecular weight is 579 g/mol. The van der Waals surface area contributed by atoms with Crippen molar-refractivity contribution in [2.45, 2.75) is 73.6 Å². The van der Waals surface area contributed by atoms with Crippen LogP contribution in [0.1, 0.15) is 71.6 Å². The van der Waals surface area contributed by atoms with Gasteiger partial charge in [0.05, 0.1) is 7.11 Å². The number of methoxy groups -OCH3 is 1. The number of hydrogen-bond acceptors (Lipinski definition) is 4. The quantitative estimate of drug-likeness (QED) is 0.194. The molecule has 3 unspecified atom stereocenters. The zero-order valence-corrected chi connectivity index (χ0v) is 28.4. The van der Waals surface area contributed by atoms with Crippen LogP contribution in [0, 0.1) is 30.1 Å². The molecule has 2 aromatic rings. The Kier molecular flexibility index (Phi) is 23.2. The van der Waals surface area contributed by atoms with Crippen molar-refractivity contribution in [1.82, 2.24) is 0 Å². The molecule has 3 nitrogen and oxygen atoms in total. The molecule has 0 fully saturated rings. The Morgan fingerprint density at radius 2 is 1.59 bits per heavy atom. The maximum absolute atomic E-state index is 5.79. The molecule has 0 saturated heterocycles. The SMILES string of the molecule is C=C(N)C(C)C(C)C/C=C\C=C/C(C)C(C)(C)c1ccccc1C.C=N.CC.COc1ccc(C/C=C/SC)cc1. The largest absolute Gasteiger partial charge is 0.497 e. The molecule has 0 aliphatic carbocycles. The van der Waals surface area contributed by atoms with Crippen LogP contribution < -0.4 is 10.5 Å². The molecule has 0 spiro atoms. The van der Waals surface area contributed by atoms with E-state index in [1.54, 1.807) is 18.9 Å². The monoisotopic (exact) mass is 578 g/mol. The lowest BCUT2D eigenvalue weighted by Crippen LogP contribution is -2.26. The first-order valence-electron chi connectivity index (χ1n) is 14.5. The van der Waals surface area contributed by atoms with E-state index in [1.807, 2.05) is 26.0 Å². The normalized spacial score (nSPS) is 13.2. The first kappa shape index (κ1) is 40.2. The van der Waals surface area contributed by atoms with Crippen LogP contribution in [0.2, 0.25) is 0 Å². The lowest BCUT2D eigenvalue weighted by molar-refractivity contribution is 0.407. The predicted octanol–water partition coefficient (Wildman–Crippen LogP) is 10.6. The van der Waals surface area contributed by atoms with Crippen molar-refractivity contribution in [2.24, 2.45) is 23.5 Å². The molecule has 3 N–H and O–H groups in total. The van der Waals surface area contributed by atoms with Gasteiger partial charge in [0.15, 0.2) is 0 Å². The van der Waals surface area contributed by atoms with Crippen LogP contribution in [-0.2, 0) is 11.8 Å². The highest BCUT2D eigenvalue weighted by Gasteiger charge is 2.27. The molecule has 0 aliphatic rings. The molecule has 0 aromatic heterocycles. The fraction of sp³-hybridized carbons (Fsp3) is 0.432. The fourth-order valence-electron chi connectivity index (χ4n) is 4.00. The van der Waals surface area contributed by atoms with Gasteiger partial charge in [-0.05, 0) is 90.1 Å². The summed E-state index contributed by atoms with van der Waals surface area (Å²) in [7, 11) is 1.68. The van der Waals surface area contributed by atoms with E-state index >= 15 is 0 Å². The fourth-order valence-corrected chi connectivity index (χ4v) is 4.28. The molecule has 228 valence electrons. The second-order valence-electron chi connectivity index (χ2n) is 10.4. The smallest absolute Gasteiger partial charge is 0.118 e. The molecule has 0 amide bonds.